The van der Waals surface area contributed by atoms with Crippen LogP contribution in [0.3, 0.4) is 0 Å². The topological polar surface area (TPSA) is 76.8 Å². The molecule has 1 amide bonds. The minimum Gasteiger partial charge on any atom is -0.465 e. The van der Waals surface area contributed by atoms with Gasteiger partial charge in [-0.3, -0.25) is 4.79 Å². The van der Waals surface area contributed by atoms with E-state index < -0.39 is 0 Å². The van der Waals surface area contributed by atoms with E-state index >= 15 is 0 Å². The van der Waals surface area contributed by atoms with Gasteiger partial charge in [-0.25, -0.2) is 14.3 Å². The Labute approximate surface area is 185 Å². The summed E-state index contributed by atoms with van der Waals surface area (Å²) in [5, 5.41) is 5.73. The van der Waals surface area contributed by atoms with E-state index in [9.17, 15) is 9.59 Å². The van der Waals surface area contributed by atoms with Crippen molar-refractivity contribution in [2.24, 2.45) is 0 Å². The number of methoxy groups -OCH3 is 1. The molecular weight excluding hydrogens is 404 g/mol. The highest BCUT2D eigenvalue weighted by Crippen LogP contribution is 2.30. The van der Waals surface area contributed by atoms with E-state index in [0.29, 0.717) is 24.9 Å². The summed E-state index contributed by atoms with van der Waals surface area (Å²) < 4.78 is 6.68. The summed E-state index contributed by atoms with van der Waals surface area (Å²) in [6.07, 6.45) is 1.72. The number of benzene rings is 2. The van der Waals surface area contributed by atoms with Crippen LogP contribution in [-0.2, 0) is 22.4 Å². The molecule has 0 atom stereocenters. The highest BCUT2D eigenvalue weighted by Gasteiger charge is 2.26. The first-order valence-electron chi connectivity index (χ1n) is 10.7. The molecule has 0 saturated heterocycles. The van der Waals surface area contributed by atoms with Crippen molar-refractivity contribution in [3.63, 3.8) is 0 Å². The van der Waals surface area contributed by atoms with E-state index in [2.05, 4.69) is 0 Å². The summed E-state index contributed by atoms with van der Waals surface area (Å²) in [5.41, 5.74) is 7.15. The lowest BCUT2D eigenvalue weighted by molar-refractivity contribution is -0.118. The van der Waals surface area contributed by atoms with Crippen molar-refractivity contribution >= 4 is 34.1 Å². The highest BCUT2D eigenvalue weighted by atomic mass is 16.5. The van der Waals surface area contributed by atoms with Gasteiger partial charge < -0.3 is 9.64 Å². The maximum atomic E-state index is 13.1. The summed E-state index contributed by atoms with van der Waals surface area (Å²) in [6.45, 7) is 4.65. The van der Waals surface area contributed by atoms with E-state index in [-0.39, 0.29) is 11.9 Å². The van der Waals surface area contributed by atoms with Gasteiger partial charge in [-0.2, -0.15) is 5.10 Å². The fraction of sp³-hybridized carbons (Fsp3) is 0.280. The molecule has 162 valence electrons. The number of anilines is 1. The van der Waals surface area contributed by atoms with Crippen LogP contribution in [0.15, 0.2) is 42.5 Å². The van der Waals surface area contributed by atoms with Gasteiger partial charge in [0.05, 0.1) is 18.2 Å². The Balaban J connectivity index is 1.38. The molecule has 2 aromatic heterocycles. The predicted octanol–water partition coefficient (Wildman–Crippen LogP) is 3.81. The number of amides is 1. The van der Waals surface area contributed by atoms with E-state index in [4.69, 9.17) is 14.8 Å². The number of ether oxygens (including phenoxy) is 1. The van der Waals surface area contributed by atoms with Crippen LogP contribution in [0.4, 0.5) is 5.69 Å². The zero-order valence-corrected chi connectivity index (χ0v) is 18.4. The van der Waals surface area contributed by atoms with Gasteiger partial charge in [0, 0.05) is 35.4 Å². The van der Waals surface area contributed by atoms with Crippen LogP contribution in [0.25, 0.3) is 16.6 Å². The van der Waals surface area contributed by atoms with Crippen molar-refractivity contribution < 1.29 is 14.3 Å². The third-order valence-electron chi connectivity index (χ3n) is 6.30. The molecule has 0 bridgehead atoms. The Morgan fingerprint density at radius 1 is 1.12 bits per heavy atom. The lowest BCUT2D eigenvalue weighted by atomic mass is 10.1. The molecule has 0 fully saturated rings. The zero-order chi connectivity index (χ0) is 22.4. The zero-order valence-electron chi connectivity index (χ0n) is 18.4. The van der Waals surface area contributed by atoms with E-state index in [1.54, 1.807) is 6.07 Å². The average Bonchev–Trinajstić information content (AvgIpc) is 3.39. The number of hydrogen-bond acceptors (Lipinski definition) is 5. The molecule has 0 unspecified atom stereocenters. The fourth-order valence-electron chi connectivity index (χ4n) is 4.61. The Kier molecular flexibility index (Phi) is 4.89. The van der Waals surface area contributed by atoms with Crippen molar-refractivity contribution in [1.29, 1.82) is 0 Å². The van der Waals surface area contributed by atoms with Gasteiger partial charge in [0.2, 0.25) is 5.91 Å². The number of nitrogens with zero attached hydrogens (tertiary/aromatic N) is 4. The molecule has 1 aliphatic rings. The number of aromatic nitrogens is 3. The smallest absolute Gasteiger partial charge is 0.337 e. The van der Waals surface area contributed by atoms with E-state index in [1.165, 1.54) is 7.11 Å². The van der Waals surface area contributed by atoms with E-state index in [1.807, 2.05) is 59.7 Å². The first-order valence-corrected chi connectivity index (χ1v) is 10.7. The van der Waals surface area contributed by atoms with Gasteiger partial charge in [0.1, 0.15) is 0 Å². The molecule has 5 rings (SSSR count). The Hall–Kier alpha value is -3.74. The Bertz CT molecular complexity index is 1390. The Morgan fingerprint density at radius 2 is 1.94 bits per heavy atom. The standard InChI is InChI=1S/C25H24N4O3/c1-15-19(16(2)29-24(26-15)20-6-4-5-7-21(20)27-29)9-11-23(30)28-13-12-17-14-18(25(31)32-3)8-10-22(17)28/h4-8,10,14H,9,11-13H2,1-3H3. The number of fused-ring (bicyclic) bond motifs is 4. The molecular formula is C25H24N4O3. The first kappa shape index (κ1) is 20.2. The van der Waals surface area contributed by atoms with Crippen LogP contribution in [-0.4, -0.2) is 40.1 Å². The number of esters is 1. The third-order valence-corrected chi connectivity index (χ3v) is 6.30. The number of aryl methyl sites for hydroxylation is 2. The normalized spacial score (nSPS) is 13.0. The van der Waals surface area contributed by atoms with Gasteiger partial charge in [-0.05, 0) is 68.1 Å². The van der Waals surface area contributed by atoms with Crippen molar-refractivity contribution in [3.8, 4) is 0 Å². The van der Waals surface area contributed by atoms with Gasteiger partial charge in [0.25, 0.3) is 0 Å². The second kappa shape index (κ2) is 7.75. The SMILES string of the molecule is COC(=O)c1ccc2c(c1)CCN2C(=O)CCc1c(C)nc2c3ccccc3nn2c1C. The summed E-state index contributed by atoms with van der Waals surface area (Å²) in [4.78, 5) is 31.5. The quantitative estimate of drug-likeness (QED) is 0.462. The minimum atomic E-state index is -0.363. The second-order valence-electron chi connectivity index (χ2n) is 8.14. The van der Waals surface area contributed by atoms with Gasteiger partial charge in [-0.1, -0.05) is 12.1 Å². The minimum absolute atomic E-state index is 0.0686. The third kappa shape index (κ3) is 3.21. The molecule has 0 radical (unpaired) electrons. The fourth-order valence-corrected chi connectivity index (χ4v) is 4.61. The van der Waals surface area contributed by atoms with Crippen molar-refractivity contribution in [2.75, 3.05) is 18.6 Å². The van der Waals surface area contributed by atoms with Crippen LogP contribution in [0.1, 0.15) is 39.3 Å². The molecule has 0 spiro atoms. The lowest BCUT2D eigenvalue weighted by Crippen LogP contribution is -2.29. The summed E-state index contributed by atoms with van der Waals surface area (Å²) in [5.74, 6) is -0.295. The molecule has 0 N–H and O–H groups in total. The number of carbonyl (C=O) groups is 2. The highest BCUT2D eigenvalue weighted by molar-refractivity contribution is 5.97. The van der Waals surface area contributed by atoms with E-state index in [0.717, 1.165) is 51.2 Å². The molecule has 3 heterocycles. The molecule has 7 nitrogen and oxygen atoms in total. The van der Waals surface area contributed by atoms with Crippen molar-refractivity contribution in [3.05, 3.63) is 70.5 Å². The Morgan fingerprint density at radius 3 is 2.75 bits per heavy atom. The van der Waals surface area contributed by atoms with Crippen LogP contribution in [0.5, 0.6) is 0 Å². The molecule has 0 saturated carbocycles. The largest absolute Gasteiger partial charge is 0.465 e. The van der Waals surface area contributed by atoms with Gasteiger partial charge in [-0.15, -0.1) is 0 Å². The summed E-state index contributed by atoms with van der Waals surface area (Å²) in [6, 6.07) is 13.4. The maximum absolute atomic E-state index is 13.1. The number of rotatable bonds is 4. The van der Waals surface area contributed by atoms with Crippen LogP contribution >= 0.6 is 0 Å². The lowest BCUT2D eigenvalue weighted by Gasteiger charge is -2.18. The van der Waals surface area contributed by atoms with Crippen molar-refractivity contribution in [1.82, 2.24) is 14.6 Å². The molecule has 7 heteroatoms. The molecule has 2 aromatic carbocycles. The number of hydrogen-bond donors (Lipinski definition) is 0. The van der Waals surface area contributed by atoms with Crippen LogP contribution in [0, 0.1) is 13.8 Å². The first-order chi connectivity index (χ1) is 15.5. The molecule has 4 aromatic rings. The maximum Gasteiger partial charge on any atom is 0.337 e. The monoisotopic (exact) mass is 428 g/mol. The summed E-state index contributed by atoms with van der Waals surface area (Å²) >= 11 is 0. The predicted molar refractivity (Wildman–Crippen MR) is 122 cm³/mol. The second-order valence-corrected chi connectivity index (χ2v) is 8.14. The van der Waals surface area contributed by atoms with Crippen LogP contribution in [0.2, 0.25) is 0 Å². The molecule has 1 aliphatic heterocycles. The molecule has 32 heavy (non-hydrogen) atoms. The van der Waals surface area contributed by atoms with Crippen LogP contribution < -0.4 is 4.90 Å². The number of carbonyl (C=O) groups excluding carboxylic acids is 2. The van der Waals surface area contributed by atoms with Gasteiger partial charge >= 0.3 is 5.97 Å². The van der Waals surface area contributed by atoms with Crippen molar-refractivity contribution in [2.45, 2.75) is 33.1 Å². The summed E-state index contributed by atoms with van der Waals surface area (Å²) in [7, 11) is 1.37. The average molecular weight is 428 g/mol. The molecule has 0 aliphatic carbocycles. The van der Waals surface area contributed by atoms with Gasteiger partial charge in [0.15, 0.2) is 5.65 Å².